The van der Waals surface area contributed by atoms with Crippen molar-refractivity contribution in [2.24, 2.45) is 0 Å². The summed E-state index contributed by atoms with van der Waals surface area (Å²) in [5, 5.41) is 11.3. The molecule has 0 heterocycles. The number of rotatable bonds is 6. The van der Waals surface area contributed by atoms with Crippen LogP contribution in [0.5, 0.6) is 11.5 Å². The van der Waals surface area contributed by atoms with Crippen LogP contribution in [0.25, 0.3) is 0 Å². The number of anilines is 1. The fourth-order valence-corrected chi connectivity index (χ4v) is 1.96. The fraction of sp³-hybridized carbons (Fsp3) is 0.167. The quantitative estimate of drug-likeness (QED) is 0.811. The number of methoxy groups -OCH3 is 2. The van der Waals surface area contributed by atoms with Gasteiger partial charge in [0.15, 0.2) is 6.61 Å². The minimum Gasteiger partial charge on any atom is -0.497 e. The molecule has 7 nitrogen and oxygen atoms in total. The maximum Gasteiger partial charge on any atom is 0.338 e. The number of carbonyl (C=O) groups is 2. The van der Waals surface area contributed by atoms with Crippen LogP contribution in [0.4, 0.5) is 5.69 Å². The molecule has 0 aliphatic rings. The molecule has 0 aromatic heterocycles. The zero-order valence-electron chi connectivity index (χ0n) is 13.7. The molecule has 0 aliphatic heterocycles. The van der Waals surface area contributed by atoms with Crippen LogP contribution in [0.3, 0.4) is 0 Å². The van der Waals surface area contributed by atoms with Crippen LogP contribution >= 0.6 is 0 Å². The molecule has 0 saturated heterocycles. The number of nitriles is 1. The first-order chi connectivity index (χ1) is 12.0. The Kier molecular flexibility index (Phi) is 5.96. The Hall–Kier alpha value is -3.53. The zero-order chi connectivity index (χ0) is 18.2. The van der Waals surface area contributed by atoms with Crippen molar-refractivity contribution in [1.29, 1.82) is 5.26 Å². The van der Waals surface area contributed by atoms with Gasteiger partial charge in [0.25, 0.3) is 5.91 Å². The van der Waals surface area contributed by atoms with Crippen molar-refractivity contribution < 1.29 is 23.8 Å². The molecule has 2 aromatic carbocycles. The van der Waals surface area contributed by atoms with Crippen molar-refractivity contribution in [2.75, 3.05) is 26.1 Å². The number of nitrogens with one attached hydrogen (secondary N) is 1. The van der Waals surface area contributed by atoms with Gasteiger partial charge in [-0.3, -0.25) is 4.79 Å². The van der Waals surface area contributed by atoms with Gasteiger partial charge in [0.2, 0.25) is 0 Å². The second kappa shape index (κ2) is 8.36. The number of esters is 1. The number of nitrogens with zero attached hydrogens (tertiary/aromatic N) is 1. The second-order valence-electron chi connectivity index (χ2n) is 4.91. The monoisotopic (exact) mass is 340 g/mol. The van der Waals surface area contributed by atoms with Gasteiger partial charge in [0, 0.05) is 11.8 Å². The summed E-state index contributed by atoms with van der Waals surface area (Å²) in [7, 11) is 2.93. The van der Waals surface area contributed by atoms with E-state index in [4.69, 9.17) is 19.5 Å². The SMILES string of the molecule is COc1cc(OC)cc(C(=O)OCC(=O)Nc2ccc(C#N)cc2)c1. The second-order valence-corrected chi connectivity index (χ2v) is 4.91. The van der Waals surface area contributed by atoms with Crippen molar-refractivity contribution in [3.63, 3.8) is 0 Å². The molecule has 1 amide bonds. The van der Waals surface area contributed by atoms with Crippen molar-refractivity contribution in [2.45, 2.75) is 0 Å². The van der Waals surface area contributed by atoms with Crippen LogP contribution < -0.4 is 14.8 Å². The van der Waals surface area contributed by atoms with Crippen molar-refractivity contribution in [1.82, 2.24) is 0 Å². The molecule has 128 valence electrons. The van der Waals surface area contributed by atoms with Gasteiger partial charge in [0.1, 0.15) is 11.5 Å². The topological polar surface area (TPSA) is 97.7 Å². The highest BCUT2D eigenvalue weighted by molar-refractivity contribution is 5.95. The lowest BCUT2D eigenvalue weighted by atomic mass is 10.2. The van der Waals surface area contributed by atoms with E-state index < -0.39 is 18.5 Å². The Morgan fingerprint density at radius 3 is 2.16 bits per heavy atom. The lowest BCUT2D eigenvalue weighted by Crippen LogP contribution is -2.21. The van der Waals surface area contributed by atoms with E-state index in [1.54, 1.807) is 30.3 Å². The fourth-order valence-electron chi connectivity index (χ4n) is 1.96. The third-order valence-electron chi connectivity index (χ3n) is 3.22. The van der Waals surface area contributed by atoms with Gasteiger partial charge in [-0.25, -0.2) is 4.79 Å². The van der Waals surface area contributed by atoms with E-state index in [0.717, 1.165) is 0 Å². The lowest BCUT2D eigenvalue weighted by Gasteiger charge is -2.09. The molecule has 0 spiro atoms. The van der Waals surface area contributed by atoms with Crippen LogP contribution in [-0.2, 0) is 9.53 Å². The molecule has 0 radical (unpaired) electrons. The highest BCUT2D eigenvalue weighted by Crippen LogP contribution is 2.23. The third kappa shape index (κ3) is 4.97. The molecule has 1 N–H and O–H groups in total. The average Bonchev–Trinajstić information content (AvgIpc) is 2.66. The summed E-state index contributed by atoms with van der Waals surface area (Å²) in [6.07, 6.45) is 0. The Bertz CT molecular complexity index is 787. The van der Waals surface area contributed by atoms with Crippen LogP contribution in [0.2, 0.25) is 0 Å². The van der Waals surface area contributed by atoms with E-state index in [0.29, 0.717) is 22.7 Å². The number of carbonyl (C=O) groups excluding carboxylic acids is 2. The van der Waals surface area contributed by atoms with E-state index in [9.17, 15) is 9.59 Å². The van der Waals surface area contributed by atoms with E-state index in [1.165, 1.54) is 26.4 Å². The minimum absolute atomic E-state index is 0.211. The molecule has 0 saturated carbocycles. The molecule has 0 bridgehead atoms. The van der Waals surface area contributed by atoms with Crippen molar-refractivity contribution in [3.05, 3.63) is 53.6 Å². The number of amides is 1. The first-order valence-corrected chi connectivity index (χ1v) is 7.26. The largest absolute Gasteiger partial charge is 0.497 e. The molecular weight excluding hydrogens is 324 g/mol. The van der Waals surface area contributed by atoms with Crippen molar-refractivity contribution >= 4 is 17.6 Å². The molecule has 25 heavy (non-hydrogen) atoms. The van der Waals surface area contributed by atoms with Crippen LogP contribution in [0.15, 0.2) is 42.5 Å². The van der Waals surface area contributed by atoms with E-state index in [-0.39, 0.29) is 5.56 Å². The van der Waals surface area contributed by atoms with Gasteiger partial charge in [-0.2, -0.15) is 5.26 Å². The Morgan fingerprint density at radius 2 is 1.64 bits per heavy atom. The molecular formula is C18H16N2O5. The van der Waals surface area contributed by atoms with E-state index in [1.807, 2.05) is 6.07 Å². The van der Waals surface area contributed by atoms with Gasteiger partial charge in [-0.15, -0.1) is 0 Å². The summed E-state index contributed by atoms with van der Waals surface area (Å²) in [5.74, 6) is -0.290. The van der Waals surface area contributed by atoms with Gasteiger partial charge >= 0.3 is 5.97 Å². The average molecular weight is 340 g/mol. The summed E-state index contributed by atoms with van der Waals surface area (Å²) < 4.78 is 15.2. The molecule has 0 unspecified atom stereocenters. The summed E-state index contributed by atoms with van der Waals surface area (Å²) in [6.45, 7) is -0.446. The first-order valence-electron chi connectivity index (χ1n) is 7.26. The summed E-state index contributed by atoms with van der Waals surface area (Å²) >= 11 is 0. The third-order valence-corrected chi connectivity index (χ3v) is 3.22. The van der Waals surface area contributed by atoms with Gasteiger partial charge in [-0.05, 0) is 36.4 Å². The summed E-state index contributed by atoms with van der Waals surface area (Å²) in [5.41, 5.74) is 1.20. The Labute approximate surface area is 144 Å². The molecule has 2 aromatic rings. The molecule has 2 rings (SSSR count). The lowest BCUT2D eigenvalue weighted by molar-refractivity contribution is -0.119. The predicted octanol–water partition coefficient (Wildman–Crippen LogP) is 2.37. The standard InChI is InChI=1S/C18H16N2O5/c1-23-15-7-13(8-16(9-15)24-2)18(22)25-11-17(21)20-14-5-3-12(10-19)4-6-14/h3-9H,11H2,1-2H3,(H,20,21). The van der Waals surface area contributed by atoms with Crippen LogP contribution in [-0.4, -0.2) is 32.7 Å². The number of hydrogen-bond acceptors (Lipinski definition) is 6. The predicted molar refractivity (Wildman–Crippen MR) is 89.6 cm³/mol. The first kappa shape index (κ1) is 17.8. The van der Waals surface area contributed by atoms with E-state index >= 15 is 0 Å². The Balaban J connectivity index is 1.94. The zero-order valence-corrected chi connectivity index (χ0v) is 13.7. The van der Waals surface area contributed by atoms with Crippen LogP contribution in [0, 0.1) is 11.3 Å². The van der Waals surface area contributed by atoms with E-state index in [2.05, 4.69) is 5.32 Å². The molecule has 0 fully saturated rings. The highest BCUT2D eigenvalue weighted by atomic mass is 16.5. The van der Waals surface area contributed by atoms with Gasteiger partial charge in [0.05, 0.1) is 31.4 Å². The van der Waals surface area contributed by atoms with Crippen molar-refractivity contribution in [3.8, 4) is 17.6 Å². The summed E-state index contributed by atoms with van der Waals surface area (Å²) in [4.78, 5) is 23.9. The maximum atomic E-state index is 12.1. The Morgan fingerprint density at radius 1 is 1.04 bits per heavy atom. The molecule has 7 heteroatoms. The highest BCUT2D eigenvalue weighted by Gasteiger charge is 2.13. The van der Waals surface area contributed by atoms with Crippen LogP contribution in [0.1, 0.15) is 15.9 Å². The normalized spacial score (nSPS) is 9.64. The minimum atomic E-state index is -0.674. The molecule has 0 atom stereocenters. The smallest absolute Gasteiger partial charge is 0.338 e. The van der Waals surface area contributed by atoms with Gasteiger partial charge in [-0.1, -0.05) is 0 Å². The van der Waals surface area contributed by atoms with Gasteiger partial charge < -0.3 is 19.5 Å². The number of benzene rings is 2. The number of hydrogen-bond donors (Lipinski definition) is 1. The molecule has 0 aliphatic carbocycles. The maximum absolute atomic E-state index is 12.1. The number of ether oxygens (including phenoxy) is 3. The summed E-state index contributed by atoms with van der Waals surface area (Å²) in [6, 6.07) is 12.9.